The third-order valence-corrected chi connectivity index (χ3v) is 4.35. The number of rotatable bonds is 11. The zero-order chi connectivity index (χ0) is 17.0. The molecule has 0 saturated heterocycles. The van der Waals surface area contributed by atoms with Gasteiger partial charge < -0.3 is 10.1 Å². The second-order valence-electron chi connectivity index (χ2n) is 6.39. The average Bonchev–Trinajstić information content (AvgIpc) is 2.63. The Hall–Kier alpha value is -1.80. The normalized spacial score (nSPS) is 12.1. The number of nitrogens with one attached hydrogen (secondary N) is 1. The van der Waals surface area contributed by atoms with Crippen LogP contribution in [0, 0.1) is 0 Å². The third kappa shape index (κ3) is 6.76. The lowest BCUT2D eigenvalue weighted by Crippen LogP contribution is -2.21. The highest BCUT2D eigenvalue weighted by Gasteiger charge is 2.05. The summed E-state index contributed by atoms with van der Waals surface area (Å²) in [5.74, 6) is 0.978. The van der Waals surface area contributed by atoms with E-state index in [0.29, 0.717) is 6.04 Å². The highest BCUT2D eigenvalue weighted by Crippen LogP contribution is 2.18. The number of hydrogen-bond donors (Lipinski definition) is 1. The van der Waals surface area contributed by atoms with Gasteiger partial charge >= 0.3 is 0 Å². The maximum Gasteiger partial charge on any atom is 0.119 e. The SMILES string of the molecule is CCCCCCOc1ccc(C(C)NCCc2ccccc2)cc1. The van der Waals surface area contributed by atoms with Gasteiger partial charge in [0.2, 0.25) is 0 Å². The summed E-state index contributed by atoms with van der Waals surface area (Å²) >= 11 is 0. The lowest BCUT2D eigenvalue weighted by Gasteiger charge is -2.15. The van der Waals surface area contributed by atoms with E-state index in [1.807, 2.05) is 0 Å². The van der Waals surface area contributed by atoms with Gasteiger partial charge in [0.1, 0.15) is 5.75 Å². The molecular weight excluding hydrogens is 294 g/mol. The molecule has 0 bridgehead atoms. The van der Waals surface area contributed by atoms with Crippen molar-refractivity contribution >= 4 is 0 Å². The molecule has 0 aliphatic heterocycles. The molecule has 2 aromatic rings. The smallest absolute Gasteiger partial charge is 0.119 e. The molecule has 2 nitrogen and oxygen atoms in total. The van der Waals surface area contributed by atoms with Gasteiger partial charge in [-0.1, -0.05) is 68.7 Å². The van der Waals surface area contributed by atoms with Gasteiger partial charge in [0.05, 0.1) is 6.61 Å². The fourth-order valence-corrected chi connectivity index (χ4v) is 2.77. The average molecular weight is 325 g/mol. The van der Waals surface area contributed by atoms with Gasteiger partial charge in [-0.2, -0.15) is 0 Å². The van der Waals surface area contributed by atoms with Crippen LogP contribution in [0.1, 0.15) is 56.7 Å². The number of unbranched alkanes of at least 4 members (excludes halogenated alkanes) is 3. The first kappa shape index (κ1) is 18.5. The lowest BCUT2D eigenvalue weighted by molar-refractivity contribution is 0.305. The van der Waals surface area contributed by atoms with Crippen molar-refractivity contribution in [3.63, 3.8) is 0 Å². The van der Waals surface area contributed by atoms with Crippen LogP contribution in [0.15, 0.2) is 54.6 Å². The van der Waals surface area contributed by atoms with Crippen molar-refractivity contribution in [1.29, 1.82) is 0 Å². The zero-order valence-corrected chi connectivity index (χ0v) is 15.1. The van der Waals surface area contributed by atoms with Crippen LogP contribution in [0.25, 0.3) is 0 Å². The second kappa shape index (κ2) is 10.9. The van der Waals surface area contributed by atoms with E-state index >= 15 is 0 Å². The molecule has 1 atom stereocenters. The van der Waals surface area contributed by atoms with Gasteiger partial charge in [0.15, 0.2) is 0 Å². The Morgan fingerprint density at radius 3 is 2.38 bits per heavy atom. The van der Waals surface area contributed by atoms with Gasteiger partial charge in [-0.15, -0.1) is 0 Å². The van der Waals surface area contributed by atoms with E-state index in [1.165, 1.54) is 30.4 Å². The van der Waals surface area contributed by atoms with Crippen LogP contribution >= 0.6 is 0 Å². The molecular formula is C22H31NO. The fourth-order valence-electron chi connectivity index (χ4n) is 2.77. The third-order valence-electron chi connectivity index (χ3n) is 4.35. The van der Waals surface area contributed by atoms with Gasteiger partial charge in [0.25, 0.3) is 0 Å². The fraction of sp³-hybridized carbons (Fsp3) is 0.455. The van der Waals surface area contributed by atoms with E-state index in [-0.39, 0.29) is 0 Å². The van der Waals surface area contributed by atoms with E-state index in [9.17, 15) is 0 Å². The highest BCUT2D eigenvalue weighted by atomic mass is 16.5. The lowest BCUT2D eigenvalue weighted by atomic mass is 10.1. The molecule has 0 fully saturated rings. The van der Waals surface area contributed by atoms with Crippen molar-refractivity contribution in [2.75, 3.05) is 13.2 Å². The van der Waals surface area contributed by atoms with Crippen LogP contribution in [-0.4, -0.2) is 13.2 Å². The van der Waals surface area contributed by atoms with Gasteiger partial charge in [-0.05, 0) is 49.6 Å². The van der Waals surface area contributed by atoms with Gasteiger partial charge in [-0.3, -0.25) is 0 Å². The molecule has 130 valence electrons. The molecule has 0 aliphatic carbocycles. The summed E-state index contributed by atoms with van der Waals surface area (Å²) in [4.78, 5) is 0. The Kier molecular flexibility index (Phi) is 8.40. The standard InChI is InChI=1S/C22H31NO/c1-3-4-5-9-18-24-22-14-12-21(13-15-22)19(2)23-17-16-20-10-7-6-8-11-20/h6-8,10-15,19,23H,3-5,9,16-18H2,1-2H3. The minimum Gasteiger partial charge on any atom is -0.494 e. The quantitative estimate of drug-likeness (QED) is 0.548. The van der Waals surface area contributed by atoms with Crippen LogP contribution in [0.4, 0.5) is 0 Å². The molecule has 0 heterocycles. The molecule has 0 radical (unpaired) electrons. The van der Waals surface area contributed by atoms with Crippen LogP contribution < -0.4 is 10.1 Å². The Balaban J connectivity index is 1.69. The predicted molar refractivity (Wildman–Crippen MR) is 103 cm³/mol. The summed E-state index contributed by atoms with van der Waals surface area (Å²) in [7, 11) is 0. The molecule has 24 heavy (non-hydrogen) atoms. The maximum absolute atomic E-state index is 5.81. The first-order valence-electron chi connectivity index (χ1n) is 9.29. The van der Waals surface area contributed by atoms with Crippen LogP contribution in [0.3, 0.4) is 0 Å². The minimum absolute atomic E-state index is 0.354. The Labute approximate surface area is 147 Å². The summed E-state index contributed by atoms with van der Waals surface area (Å²) in [5, 5.41) is 3.59. The molecule has 0 amide bonds. The summed E-state index contributed by atoms with van der Waals surface area (Å²) in [5.41, 5.74) is 2.69. The van der Waals surface area contributed by atoms with E-state index in [1.54, 1.807) is 0 Å². The molecule has 0 aromatic heterocycles. The number of ether oxygens (including phenoxy) is 1. The van der Waals surface area contributed by atoms with Crippen molar-refractivity contribution in [3.05, 3.63) is 65.7 Å². The van der Waals surface area contributed by atoms with Gasteiger partial charge in [-0.25, -0.2) is 0 Å². The van der Waals surface area contributed by atoms with Crippen LogP contribution in [0.2, 0.25) is 0 Å². The Morgan fingerprint density at radius 2 is 1.67 bits per heavy atom. The summed E-state index contributed by atoms with van der Waals surface area (Å²) in [6.45, 7) is 6.26. The summed E-state index contributed by atoms with van der Waals surface area (Å²) in [6, 6.07) is 19.5. The van der Waals surface area contributed by atoms with E-state index < -0.39 is 0 Å². The zero-order valence-electron chi connectivity index (χ0n) is 15.1. The molecule has 2 heteroatoms. The van der Waals surface area contributed by atoms with E-state index in [0.717, 1.165) is 31.7 Å². The Morgan fingerprint density at radius 1 is 0.917 bits per heavy atom. The minimum atomic E-state index is 0.354. The van der Waals surface area contributed by atoms with Crippen molar-refractivity contribution in [2.24, 2.45) is 0 Å². The topological polar surface area (TPSA) is 21.3 Å². The molecule has 0 saturated carbocycles. The molecule has 0 spiro atoms. The van der Waals surface area contributed by atoms with E-state index in [2.05, 4.69) is 73.8 Å². The molecule has 1 unspecified atom stereocenters. The number of benzene rings is 2. The van der Waals surface area contributed by atoms with Crippen molar-refractivity contribution in [2.45, 2.75) is 52.0 Å². The van der Waals surface area contributed by atoms with Crippen LogP contribution in [-0.2, 0) is 6.42 Å². The van der Waals surface area contributed by atoms with Crippen LogP contribution in [0.5, 0.6) is 5.75 Å². The van der Waals surface area contributed by atoms with Gasteiger partial charge in [0, 0.05) is 6.04 Å². The van der Waals surface area contributed by atoms with E-state index in [4.69, 9.17) is 4.74 Å². The first-order valence-corrected chi connectivity index (χ1v) is 9.29. The largest absolute Gasteiger partial charge is 0.494 e. The summed E-state index contributed by atoms with van der Waals surface area (Å²) < 4.78 is 5.81. The monoisotopic (exact) mass is 325 g/mol. The van der Waals surface area contributed by atoms with Crippen molar-refractivity contribution in [3.8, 4) is 5.75 Å². The maximum atomic E-state index is 5.81. The molecule has 0 aliphatic rings. The molecule has 2 aromatic carbocycles. The van der Waals surface area contributed by atoms with Crippen molar-refractivity contribution in [1.82, 2.24) is 5.32 Å². The van der Waals surface area contributed by atoms with Crippen molar-refractivity contribution < 1.29 is 4.74 Å². The molecule has 1 N–H and O–H groups in total. The number of hydrogen-bond acceptors (Lipinski definition) is 2. The Bertz CT molecular complexity index is 550. The summed E-state index contributed by atoms with van der Waals surface area (Å²) in [6.07, 6.45) is 6.03. The highest BCUT2D eigenvalue weighted by molar-refractivity contribution is 5.29. The predicted octanol–water partition coefficient (Wildman–Crippen LogP) is 5.54. The second-order valence-corrected chi connectivity index (χ2v) is 6.39. The molecule has 2 rings (SSSR count). The first-order chi connectivity index (χ1) is 11.8.